The van der Waals surface area contributed by atoms with Gasteiger partial charge in [-0.1, -0.05) is 20.3 Å². The molecule has 1 unspecified atom stereocenters. The first-order valence-electron chi connectivity index (χ1n) is 6.82. The summed E-state index contributed by atoms with van der Waals surface area (Å²) in [4.78, 5) is 12.1. The van der Waals surface area contributed by atoms with Gasteiger partial charge >= 0.3 is 0 Å². The highest BCUT2D eigenvalue weighted by molar-refractivity contribution is 5.83. The van der Waals surface area contributed by atoms with Crippen LogP contribution in [0.4, 0.5) is 0 Å². The molecule has 1 amide bonds. The van der Waals surface area contributed by atoms with Gasteiger partial charge in [-0.05, 0) is 25.8 Å². The highest BCUT2D eigenvalue weighted by atomic mass is 16.5. The predicted molar refractivity (Wildman–Crippen MR) is 68.9 cm³/mol. The minimum absolute atomic E-state index is 0.177. The van der Waals surface area contributed by atoms with Crippen molar-refractivity contribution in [2.45, 2.75) is 39.5 Å². The lowest BCUT2D eigenvalue weighted by atomic mass is 9.83. The number of hydrogen-bond donors (Lipinski definition) is 2. The van der Waals surface area contributed by atoms with Crippen LogP contribution in [0.5, 0.6) is 0 Å². The Bertz CT molecular complexity index is 225. The Kier molecular flexibility index (Phi) is 6.52. The third kappa shape index (κ3) is 4.28. The maximum Gasteiger partial charge on any atom is 0.227 e. The van der Waals surface area contributed by atoms with E-state index < -0.39 is 0 Å². The van der Waals surface area contributed by atoms with Gasteiger partial charge in [-0.3, -0.25) is 4.79 Å². The first-order valence-corrected chi connectivity index (χ1v) is 6.82. The number of amides is 1. The molecule has 4 nitrogen and oxygen atoms in total. The lowest BCUT2D eigenvalue weighted by Gasteiger charge is -2.25. The molecular formula is C13H26N2O2. The Morgan fingerprint density at radius 1 is 1.41 bits per heavy atom. The van der Waals surface area contributed by atoms with E-state index in [-0.39, 0.29) is 11.3 Å². The van der Waals surface area contributed by atoms with Gasteiger partial charge in [-0.15, -0.1) is 0 Å². The topological polar surface area (TPSA) is 50.4 Å². The molecule has 17 heavy (non-hydrogen) atoms. The Labute approximate surface area is 104 Å². The monoisotopic (exact) mass is 242 g/mol. The highest BCUT2D eigenvalue weighted by Crippen LogP contribution is 2.29. The van der Waals surface area contributed by atoms with E-state index in [0.717, 1.165) is 45.4 Å². The molecule has 0 aliphatic carbocycles. The smallest absolute Gasteiger partial charge is 0.227 e. The zero-order valence-corrected chi connectivity index (χ0v) is 11.2. The molecule has 1 fully saturated rings. The summed E-state index contributed by atoms with van der Waals surface area (Å²) in [6, 6.07) is 0. The predicted octanol–water partition coefficient (Wildman–Crippen LogP) is 1.31. The van der Waals surface area contributed by atoms with Crippen molar-refractivity contribution >= 4 is 5.91 Å². The van der Waals surface area contributed by atoms with Crippen molar-refractivity contribution in [1.82, 2.24) is 10.6 Å². The molecular weight excluding hydrogens is 216 g/mol. The zero-order chi connectivity index (χ0) is 12.6. The van der Waals surface area contributed by atoms with Gasteiger partial charge in [0, 0.05) is 19.7 Å². The van der Waals surface area contributed by atoms with Crippen LogP contribution in [-0.4, -0.2) is 38.8 Å². The Hall–Kier alpha value is -0.610. The van der Waals surface area contributed by atoms with Gasteiger partial charge < -0.3 is 15.4 Å². The van der Waals surface area contributed by atoms with Crippen molar-refractivity contribution in [1.29, 1.82) is 0 Å². The summed E-state index contributed by atoms with van der Waals surface area (Å²) >= 11 is 0. The molecule has 100 valence electrons. The SMILES string of the molecule is CCCCOCCNC(=O)C1(CC)CCNC1. The summed E-state index contributed by atoms with van der Waals surface area (Å²) in [5.74, 6) is 0.184. The number of hydrogen-bond acceptors (Lipinski definition) is 3. The van der Waals surface area contributed by atoms with E-state index in [9.17, 15) is 4.79 Å². The molecule has 1 heterocycles. The summed E-state index contributed by atoms with van der Waals surface area (Å²) in [6.07, 6.45) is 4.10. The molecule has 4 heteroatoms. The third-order valence-electron chi connectivity index (χ3n) is 3.58. The molecule has 2 N–H and O–H groups in total. The van der Waals surface area contributed by atoms with Crippen molar-refractivity contribution in [2.75, 3.05) is 32.8 Å². The highest BCUT2D eigenvalue weighted by Gasteiger charge is 2.38. The van der Waals surface area contributed by atoms with Crippen LogP contribution in [0.3, 0.4) is 0 Å². The van der Waals surface area contributed by atoms with Gasteiger partial charge in [-0.2, -0.15) is 0 Å². The van der Waals surface area contributed by atoms with E-state index in [4.69, 9.17) is 4.74 Å². The molecule has 0 aromatic rings. The molecule has 0 aromatic carbocycles. The van der Waals surface area contributed by atoms with Crippen molar-refractivity contribution in [3.63, 3.8) is 0 Å². The fourth-order valence-electron chi connectivity index (χ4n) is 2.17. The van der Waals surface area contributed by atoms with Crippen LogP contribution in [0.25, 0.3) is 0 Å². The lowest BCUT2D eigenvalue weighted by molar-refractivity contribution is -0.130. The first-order chi connectivity index (χ1) is 8.25. The van der Waals surface area contributed by atoms with E-state index in [2.05, 4.69) is 24.5 Å². The Morgan fingerprint density at radius 2 is 2.24 bits per heavy atom. The molecule has 0 aromatic heterocycles. The number of ether oxygens (including phenoxy) is 1. The van der Waals surface area contributed by atoms with Gasteiger partial charge in [0.2, 0.25) is 5.91 Å². The van der Waals surface area contributed by atoms with Crippen LogP contribution in [-0.2, 0) is 9.53 Å². The van der Waals surface area contributed by atoms with E-state index in [1.807, 2.05) is 0 Å². The zero-order valence-electron chi connectivity index (χ0n) is 11.2. The maximum atomic E-state index is 12.1. The fraction of sp³-hybridized carbons (Fsp3) is 0.923. The van der Waals surface area contributed by atoms with Gasteiger partial charge in [0.15, 0.2) is 0 Å². The summed E-state index contributed by atoms with van der Waals surface area (Å²) in [5, 5.41) is 6.26. The quantitative estimate of drug-likeness (QED) is 0.631. The van der Waals surface area contributed by atoms with Gasteiger partial charge in [-0.25, -0.2) is 0 Å². The largest absolute Gasteiger partial charge is 0.380 e. The van der Waals surface area contributed by atoms with Crippen molar-refractivity contribution in [3.8, 4) is 0 Å². The Morgan fingerprint density at radius 3 is 2.82 bits per heavy atom. The number of carbonyl (C=O) groups excluding carboxylic acids is 1. The molecule has 1 aliphatic rings. The molecule has 0 saturated carbocycles. The van der Waals surface area contributed by atoms with Crippen molar-refractivity contribution in [2.24, 2.45) is 5.41 Å². The van der Waals surface area contributed by atoms with Crippen LogP contribution < -0.4 is 10.6 Å². The molecule has 1 atom stereocenters. The lowest BCUT2D eigenvalue weighted by Crippen LogP contribution is -2.43. The summed E-state index contributed by atoms with van der Waals surface area (Å²) < 4.78 is 5.42. The second kappa shape index (κ2) is 7.67. The van der Waals surface area contributed by atoms with E-state index >= 15 is 0 Å². The first kappa shape index (κ1) is 14.5. The molecule has 0 bridgehead atoms. The number of unbranched alkanes of at least 4 members (excludes halogenated alkanes) is 1. The van der Waals surface area contributed by atoms with Gasteiger partial charge in [0.1, 0.15) is 0 Å². The maximum absolute atomic E-state index is 12.1. The third-order valence-corrected chi connectivity index (χ3v) is 3.58. The van der Waals surface area contributed by atoms with Crippen molar-refractivity contribution < 1.29 is 9.53 Å². The van der Waals surface area contributed by atoms with Crippen molar-refractivity contribution in [3.05, 3.63) is 0 Å². The van der Waals surface area contributed by atoms with E-state index in [1.165, 1.54) is 0 Å². The number of nitrogens with one attached hydrogen (secondary N) is 2. The van der Waals surface area contributed by atoms with Crippen LogP contribution in [0, 0.1) is 5.41 Å². The summed E-state index contributed by atoms with van der Waals surface area (Å²) in [6.45, 7) is 8.05. The number of rotatable bonds is 8. The standard InChI is InChI=1S/C13H26N2O2/c1-3-5-9-17-10-8-15-12(16)13(4-2)6-7-14-11-13/h14H,3-11H2,1-2H3,(H,15,16). The molecule has 1 saturated heterocycles. The summed E-state index contributed by atoms with van der Waals surface area (Å²) in [7, 11) is 0. The van der Waals surface area contributed by atoms with E-state index in [0.29, 0.717) is 13.2 Å². The molecule has 0 spiro atoms. The van der Waals surface area contributed by atoms with Crippen LogP contribution in [0.2, 0.25) is 0 Å². The second-order valence-electron chi connectivity index (χ2n) is 4.78. The average molecular weight is 242 g/mol. The molecule has 0 radical (unpaired) electrons. The minimum atomic E-state index is -0.177. The normalized spacial score (nSPS) is 23.9. The van der Waals surface area contributed by atoms with Crippen LogP contribution in [0.15, 0.2) is 0 Å². The molecule has 1 rings (SSSR count). The molecule has 1 aliphatic heterocycles. The average Bonchev–Trinajstić information content (AvgIpc) is 2.83. The van der Waals surface area contributed by atoms with Crippen LogP contribution in [0.1, 0.15) is 39.5 Å². The second-order valence-corrected chi connectivity index (χ2v) is 4.78. The van der Waals surface area contributed by atoms with E-state index in [1.54, 1.807) is 0 Å². The number of carbonyl (C=O) groups is 1. The minimum Gasteiger partial charge on any atom is -0.380 e. The Balaban J connectivity index is 2.15. The van der Waals surface area contributed by atoms with Gasteiger partial charge in [0.25, 0.3) is 0 Å². The van der Waals surface area contributed by atoms with Gasteiger partial charge in [0.05, 0.1) is 12.0 Å². The summed E-state index contributed by atoms with van der Waals surface area (Å²) in [5.41, 5.74) is -0.177. The van der Waals surface area contributed by atoms with Crippen LogP contribution >= 0.6 is 0 Å². The fourth-order valence-corrected chi connectivity index (χ4v) is 2.17.